The summed E-state index contributed by atoms with van der Waals surface area (Å²) in [5.41, 5.74) is 2.63. The van der Waals surface area contributed by atoms with Gasteiger partial charge in [0.15, 0.2) is 6.10 Å². The second kappa shape index (κ2) is 9.85. The SMILES string of the molecule is C[C@@H](OC(=O)CCCc1cccs1)C(=O)Nc1ccccc1-c1ccccc1. The van der Waals surface area contributed by atoms with Crippen LogP contribution in [0, 0.1) is 0 Å². The third kappa shape index (κ3) is 5.54. The lowest BCUT2D eigenvalue weighted by Gasteiger charge is -2.16. The van der Waals surface area contributed by atoms with Gasteiger partial charge in [-0.1, -0.05) is 54.6 Å². The quantitative estimate of drug-likeness (QED) is 0.528. The molecule has 0 spiro atoms. The highest BCUT2D eigenvalue weighted by Gasteiger charge is 2.19. The molecule has 1 N–H and O–H groups in total. The van der Waals surface area contributed by atoms with Gasteiger partial charge in [0.1, 0.15) is 0 Å². The van der Waals surface area contributed by atoms with Crippen LogP contribution in [0.3, 0.4) is 0 Å². The van der Waals surface area contributed by atoms with Gasteiger partial charge in [0.05, 0.1) is 0 Å². The zero-order chi connectivity index (χ0) is 19.8. The van der Waals surface area contributed by atoms with Gasteiger partial charge in [0, 0.05) is 22.5 Å². The lowest BCUT2D eigenvalue weighted by molar-refractivity contribution is -0.153. The standard InChI is InChI=1S/C23H23NO3S/c1-17(27-22(25)15-7-11-19-12-8-16-28-19)23(26)24-21-14-6-5-13-20(21)18-9-3-2-4-10-18/h2-6,8-10,12-14,16-17H,7,11,15H2,1H3,(H,24,26)/t17-/m1/s1. The Morgan fingerprint density at radius 2 is 1.75 bits per heavy atom. The van der Waals surface area contributed by atoms with Crippen LogP contribution in [0.1, 0.15) is 24.6 Å². The Labute approximate surface area is 169 Å². The van der Waals surface area contributed by atoms with E-state index in [9.17, 15) is 9.59 Å². The molecule has 0 aliphatic rings. The number of rotatable bonds is 8. The van der Waals surface area contributed by atoms with Gasteiger partial charge in [-0.25, -0.2) is 0 Å². The molecule has 1 amide bonds. The van der Waals surface area contributed by atoms with Crippen molar-refractivity contribution in [2.75, 3.05) is 5.32 Å². The molecule has 3 aromatic rings. The van der Waals surface area contributed by atoms with Gasteiger partial charge in [0.2, 0.25) is 0 Å². The molecule has 3 rings (SSSR count). The number of amides is 1. The normalized spacial score (nSPS) is 11.6. The largest absolute Gasteiger partial charge is 0.453 e. The lowest BCUT2D eigenvalue weighted by Crippen LogP contribution is -2.30. The van der Waals surface area contributed by atoms with Crippen LogP contribution in [0.25, 0.3) is 11.1 Å². The van der Waals surface area contributed by atoms with Gasteiger partial charge in [-0.3, -0.25) is 9.59 Å². The second-order valence-corrected chi connectivity index (χ2v) is 7.50. The maximum atomic E-state index is 12.5. The minimum Gasteiger partial charge on any atom is -0.453 e. The van der Waals surface area contributed by atoms with Crippen LogP contribution < -0.4 is 5.32 Å². The lowest BCUT2D eigenvalue weighted by atomic mass is 10.0. The van der Waals surface area contributed by atoms with Crippen LogP contribution in [-0.4, -0.2) is 18.0 Å². The molecule has 2 aromatic carbocycles. The number of aryl methyl sites for hydroxylation is 1. The highest BCUT2D eigenvalue weighted by Crippen LogP contribution is 2.27. The van der Waals surface area contributed by atoms with Crippen molar-refractivity contribution in [1.82, 2.24) is 0 Å². The van der Waals surface area contributed by atoms with Crippen molar-refractivity contribution >= 4 is 28.9 Å². The van der Waals surface area contributed by atoms with Gasteiger partial charge in [-0.15, -0.1) is 11.3 Å². The topological polar surface area (TPSA) is 55.4 Å². The summed E-state index contributed by atoms with van der Waals surface area (Å²) < 4.78 is 5.30. The smallest absolute Gasteiger partial charge is 0.306 e. The van der Waals surface area contributed by atoms with Crippen molar-refractivity contribution in [3.63, 3.8) is 0 Å². The molecule has 1 aromatic heterocycles. The molecule has 0 radical (unpaired) electrons. The summed E-state index contributed by atoms with van der Waals surface area (Å²) in [4.78, 5) is 25.8. The first-order chi connectivity index (χ1) is 13.6. The van der Waals surface area contributed by atoms with Crippen LogP contribution in [-0.2, 0) is 20.7 Å². The summed E-state index contributed by atoms with van der Waals surface area (Å²) in [6.45, 7) is 1.59. The number of hydrogen-bond donors (Lipinski definition) is 1. The van der Waals surface area contributed by atoms with E-state index in [2.05, 4.69) is 11.4 Å². The fourth-order valence-electron chi connectivity index (χ4n) is 2.87. The molecule has 5 heteroatoms. The number of nitrogens with one attached hydrogen (secondary N) is 1. The van der Waals surface area contributed by atoms with Gasteiger partial charge < -0.3 is 10.1 Å². The first-order valence-corrected chi connectivity index (χ1v) is 10.2. The van der Waals surface area contributed by atoms with Crippen molar-refractivity contribution in [3.8, 4) is 11.1 Å². The molecule has 0 aliphatic carbocycles. The van der Waals surface area contributed by atoms with Gasteiger partial charge in [0.25, 0.3) is 5.91 Å². The van der Waals surface area contributed by atoms with E-state index in [-0.39, 0.29) is 11.9 Å². The fourth-order valence-corrected chi connectivity index (χ4v) is 3.62. The average Bonchev–Trinajstić information content (AvgIpc) is 3.22. The molecule has 0 fully saturated rings. The zero-order valence-electron chi connectivity index (χ0n) is 15.8. The summed E-state index contributed by atoms with van der Waals surface area (Å²) in [7, 11) is 0. The number of carbonyl (C=O) groups is 2. The number of para-hydroxylation sites is 1. The number of hydrogen-bond acceptors (Lipinski definition) is 4. The molecule has 1 atom stereocenters. The predicted octanol–water partition coefficient (Wildman–Crippen LogP) is 5.31. The van der Waals surface area contributed by atoms with E-state index < -0.39 is 6.10 Å². The van der Waals surface area contributed by atoms with Gasteiger partial charge in [-0.05, 0) is 42.8 Å². The summed E-state index contributed by atoms with van der Waals surface area (Å²) >= 11 is 1.68. The molecule has 0 unspecified atom stereocenters. The summed E-state index contributed by atoms with van der Waals surface area (Å²) in [6.07, 6.45) is 1.01. The van der Waals surface area contributed by atoms with E-state index in [1.54, 1.807) is 18.3 Å². The Kier molecular flexibility index (Phi) is 6.98. The Hall–Kier alpha value is -2.92. The first-order valence-electron chi connectivity index (χ1n) is 9.30. The fraction of sp³-hybridized carbons (Fsp3) is 0.217. The Morgan fingerprint density at radius 3 is 2.50 bits per heavy atom. The van der Waals surface area contributed by atoms with Crippen molar-refractivity contribution in [2.24, 2.45) is 0 Å². The van der Waals surface area contributed by atoms with E-state index in [0.717, 1.165) is 17.5 Å². The zero-order valence-corrected chi connectivity index (χ0v) is 16.6. The Bertz CT molecular complexity index is 907. The van der Waals surface area contributed by atoms with E-state index in [0.29, 0.717) is 18.5 Å². The van der Waals surface area contributed by atoms with E-state index >= 15 is 0 Å². The number of anilines is 1. The van der Waals surface area contributed by atoms with E-state index in [1.165, 1.54) is 4.88 Å². The molecule has 0 aliphatic heterocycles. The van der Waals surface area contributed by atoms with Crippen LogP contribution in [0.15, 0.2) is 72.1 Å². The second-order valence-electron chi connectivity index (χ2n) is 6.47. The number of ether oxygens (including phenoxy) is 1. The molecule has 0 saturated heterocycles. The van der Waals surface area contributed by atoms with Crippen LogP contribution in [0.5, 0.6) is 0 Å². The van der Waals surface area contributed by atoms with E-state index in [1.807, 2.05) is 66.0 Å². The maximum Gasteiger partial charge on any atom is 0.306 e. The molecule has 1 heterocycles. The summed E-state index contributed by atoms with van der Waals surface area (Å²) in [5.74, 6) is -0.689. The maximum absolute atomic E-state index is 12.5. The average molecular weight is 394 g/mol. The molecule has 0 saturated carbocycles. The molecule has 144 valence electrons. The number of benzene rings is 2. The van der Waals surface area contributed by atoms with Crippen LogP contribution >= 0.6 is 11.3 Å². The number of thiophene rings is 1. The molecule has 0 bridgehead atoms. The summed E-state index contributed by atoms with van der Waals surface area (Å²) in [5, 5.41) is 4.90. The molecule has 28 heavy (non-hydrogen) atoms. The number of carbonyl (C=O) groups excluding carboxylic acids is 2. The van der Waals surface area contributed by atoms with Crippen molar-refractivity contribution in [3.05, 3.63) is 77.0 Å². The number of esters is 1. The minimum absolute atomic E-state index is 0.302. The minimum atomic E-state index is -0.849. The highest BCUT2D eigenvalue weighted by molar-refractivity contribution is 7.09. The Morgan fingerprint density at radius 1 is 1.00 bits per heavy atom. The molecular formula is C23H23NO3S. The Balaban J connectivity index is 1.54. The predicted molar refractivity (Wildman–Crippen MR) is 113 cm³/mol. The highest BCUT2D eigenvalue weighted by atomic mass is 32.1. The van der Waals surface area contributed by atoms with Crippen molar-refractivity contribution in [1.29, 1.82) is 0 Å². The van der Waals surface area contributed by atoms with Gasteiger partial charge in [-0.2, -0.15) is 0 Å². The molecular weight excluding hydrogens is 370 g/mol. The van der Waals surface area contributed by atoms with Gasteiger partial charge >= 0.3 is 5.97 Å². The van der Waals surface area contributed by atoms with E-state index in [4.69, 9.17) is 4.74 Å². The monoisotopic (exact) mass is 393 g/mol. The third-order valence-electron chi connectivity index (χ3n) is 4.33. The molecule has 4 nitrogen and oxygen atoms in total. The van der Waals surface area contributed by atoms with Crippen molar-refractivity contribution < 1.29 is 14.3 Å². The first kappa shape index (κ1) is 19.8. The van der Waals surface area contributed by atoms with Crippen molar-refractivity contribution in [2.45, 2.75) is 32.3 Å². The van der Waals surface area contributed by atoms with Crippen LogP contribution in [0.2, 0.25) is 0 Å². The van der Waals surface area contributed by atoms with Crippen LogP contribution in [0.4, 0.5) is 5.69 Å². The third-order valence-corrected chi connectivity index (χ3v) is 5.27. The summed E-state index contributed by atoms with van der Waals surface area (Å²) in [6, 6.07) is 21.5.